The van der Waals surface area contributed by atoms with E-state index in [0.717, 1.165) is 6.07 Å². The molecule has 144 valence electrons. The van der Waals surface area contributed by atoms with Crippen molar-refractivity contribution in [2.24, 2.45) is 0 Å². The van der Waals surface area contributed by atoms with Gasteiger partial charge in [-0.05, 0) is 24.3 Å². The molecule has 0 spiro atoms. The van der Waals surface area contributed by atoms with Crippen molar-refractivity contribution in [3.8, 4) is 0 Å². The first-order valence-electron chi connectivity index (χ1n) is 8.72. The fourth-order valence-corrected chi connectivity index (χ4v) is 3.01. The molecule has 9 heteroatoms. The lowest BCUT2D eigenvalue weighted by Gasteiger charge is -2.35. The molecular weight excluding hydrogens is 368 g/mol. The number of nitrogens with one attached hydrogen (secondary N) is 1. The van der Waals surface area contributed by atoms with Gasteiger partial charge in [-0.3, -0.25) is 4.79 Å². The van der Waals surface area contributed by atoms with Crippen molar-refractivity contribution in [3.63, 3.8) is 0 Å². The van der Waals surface area contributed by atoms with E-state index >= 15 is 0 Å². The Bertz CT molecular complexity index is 972. The van der Waals surface area contributed by atoms with E-state index in [0.29, 0.717) is 43.6 Å². The van der Waals surface area contributed by atoms with Crippen molar-refractivity contribution in [1.82, 2.24) is 14.9 Å². The SMILES string of the molecule is O=C(c1ccco1)N1CCN(c2cc(Nc3ccc(F)cc3F)ncn2)CC1. The van der Waals surface area contributed by atoms with Crippen LogP contribution in [0.1, 0.15) is 10.6 Å². The Morgan fingerprint density at radius 1 is 1.07 bits per heavy atom. The van der Waals surface area contributed by atoms with E-state index in [1.54, 1.807) is 23.1 Å². The first-order valence-corrected chi connectivity index (χ1v) is 8.72. The van der Waals surface area contributed by atoms with E-state index in [1.165, 1.54) is 24.7 Å². The Morgan fingerprint density at radius 3 is 2.61 bits per heavy atom. The number of furan rings is 1. The smallest absolute Gasteiger partial charge is 0.289 e. The molecule has 2 aromatic heterocycles. The van der Waals surface area contributed by atoms with Crippen molar-refractivity contribution >= 4 is 23.2 Å². The number of hydrogen-bond donors (Lipinski definition) is 1. The Morgan fingerprint density at radius 2 is 1.89 bits per heavy atom. The van der Waals surface area contributed by atoms with Gasteiger partial charge in [-0.2, -0.15) is 0 Å². The average molecular weight is 385 g/mol. The minimum atomic E-state index is -0.704. The van der Waals surface area contributed by atoms with Gasteiger partial charge in [-0.25, -0.2) is 18.7 Å². The van der Waals surface area contributed by atoms with Crippen LogP contribution in [0.5, 0.6) is 0 Å². The van der Waals surface area contributed by atoms with Gasteiger partial charge in [0.05, 0.1) is 12.0 Å². The molecule has 1 aliphatic heterocycles. The monoisotopic (exact) mass is 385 g/mol. The van der Waals surface area contributed by atoms with Crippen LogP contribution >= 0.6 is 0 Å². The van der Waals surface area contributed by atoms with E-state index in [2.05, 4.69) is 15.3 Å². The summed E-state index contributed by atoms with van der Waals surface area (Å²) in [4.78, 5) is 24.4. The highest BCUT2D eigenvalue weighted by Gasteiger charge is 2.24. The Balaban J connectivity index is 1.42. The summed E-state index contributed by atoms with van der Waals surface area (Å²) in [7, 11) is 0. The molecule has 7 nitrogen and oxygen atoms in total. The summed E-state index contributed by atoms with van der Waals surface area (Å²) in [6, 6.07) is 8.30. The third-order valence-corrected chi connectivity index (χ3v) is 4.47. The third kappa shape index (κ3) is 3.78. The van der Waals surface area contributed by atoms with Crippen molar-refractivity contribution in [2.45, 2.75) is 0 Å². The maximum atomic E-state index is 13.8. The predicted octanol–water partition coefficient (Wildman–Crippen LogP) is 3.05. The number of hydrogen-bond acceptors (Lipinski definition) is 6. The number of anilines is 3. The van der Waals surface area contributed by atoms with Gasteiger partial charge in [-0.15, -0.1) is 0 Å². The van der Waals surface area contributed by atoms with Gasteiger partial charge in [0.1, 0.15) is 29.6 Å². The van der Waals surface area contributed by atoms with E-state index in [4.69, 9.17) is 4.42 Å². The Kier molecular flexibility index (Phi) is 4.88. The number of rotatable bonds is 4. The predicted molar refractivity (Wildman–Crippen MR) is 98.5 cm³/mol. The van der Waals surface area contributed by atoms with Gasteiger partial charge in [-0.1, -0.05) is 0 Å². The van der Waals surface area contributed by atoms with Gasteiger partial charge in [0.25, 0.3) is 5.91 Å². The largest absolute Gasteiger partial charge is 0.459 e. The summed E-state index contributed by atoms with van der Waals surface area (Å²) in [5.41, 5.74) is 0.125. The maximum absolute atomic E-state index is 13.8. The van der Waals surface area contributed by atoms with Crippen LogP contribution in [0.15, 0.2) is 53.4 Å². The number of halogens is 2. The van der Waals surface area contributed by atoms with Crippen molar-refractivity contribution in [2.75, 3.05) is 36.4 Å². The van der Waals surface area contributed by atoms with Gasteiger partial charge >= 0.3 is 0 Å². The molecule has 4 rings (SSSR count). The van der Waals surface area contributed by atoms with Crippen LogP contribution in [-0.4, -0.2) is 47.0 Å². The summed E-state index contributed by atoms with van der Waals surface area (Å²) in [6.45, 7) is 2.24. The highest BCUT2D eigenvalue weighted by molar-refractivity contribution is 5.91. The lowest BCUT2D eigenvalue weighted by atomic mass is 10.2. The molecule has 1 amide bonds. The number of amides is 1. The summed E-state index contributed by atoms with van der Waals surface area (Å²) < 4.78 is 32.0. The molecule has 1 aromatic carbocycles. The van der Waals surface area contributed by atoms with E-state index in [1.807, 2.05) is 4.90 Å². The topological polar surface area (TPSA) is 74.5 Å². The first-order chi connectivity index (χ1) is 13.6. The van der Waals surface area contributed by atoms with Crippen molar-refractivity contribution < 1.29 is 18.0 Å². The standard InChI is InChI=1S/C19H17F2N5O2/c20-13-3-4-15(14(21)10-13)24-17-11-18(23-12-22-17)25-5-7-26(8-6-25)19(27)16-2-1-9-28-16/h1-4,9-12H,5-8H2,(H,22,23,24). The number of aromatic nitrogens is 2. The fraction of sp³-hybridized carbons (Fsp3) is 0.211. The van der Waals surface area contributed by atoms with Crippen LogP contribution in [0.4, 0.5) is 26.1 Å². The molecule has 0 atom stereocenters. The molecule has 3 heterocycles. The second-order valence-corrected chi connectivity index (χ2v) is 6.27. The van der Waals surface area contributed by atoms with Gasteiger partial charge in [0.15, 0.2) is 5.76 Å². The second-order valence-electron chi connectivity index (χ2n) is 6.27. The molecule has 1 fully saturated rings. The zero-order chi connectivity index (χ0) is 19.5. The van der Waals surface area contributed by atoms with Crippen molar-refractivity contribution in [1.29, 1.82) is 0 Å². The van der Waals surface area contributed by atoms with E-state index in [9.17, 15) is 13.6 Å². The molecule has 0 aliphatic carbocycles. The highest BCUT2D eigenvalue weighted by Crippen LogP contribution is 2.22. The van der Waals surface area contributed by atoms with Crippen LogP contribution in [0.2, 0.25) is 0 Å². The Hall–Kier alpha value is -3.49. The molecule has 28 heavy (non-hydrogen) atoms. The first kappa shape index (κ1) is 17.9. The van der Waals surface area contributed by atoms with Crippen LogP contribution in [0.3, 0.4) is 0 Å². The molecule has 0 unspecified atom stereocenters. The maximum Gasteiger partial charge on any atom is 0.289 e. The van der Waals surface area contributed by atoms with E-state index in [-0.39, 0.29) is 11.6 Å². The lowest BCUT2D eigenvalue weighted by molar-refractivity contribution is 0.0714. The minimum Gasteiger partial charge on any atom is -0.459 e. The molecule has 3 aromatic rings. The van der Waals surface area contributed by atoms with Crippen LogP contribution in [0.25, 0.3) is 0 Å². The molecular formula is C19H17F2N5O2. The van der Waals surface area contributed by atoms with Crippen LogP contribution < -0.4 is 10.2 Å². The van der Waals surface area contributed by atoms with E-state index < -0.39 is 11.6 Å². The van der Waals surface area contributed by atoms with Crippen molar-refractivity contribution in [3.05, 3.63) is 66.4 Å². The summed E-state index contributed by atoms with van der Waals surface area (Å²) in [5, 5.41) is 2.83. The number of nitrogens with zero attached hydrogens (tertiary/aromatic N) is 4. The molecule has 1 aliphatic rings. The highest BCUT2D eigenvalue weighted by atomic mass is 19.1. The molecule has 1 saturated heterocycles. The number of benzene rings is 1. The third-order valence-electron chi connectivity index (χ3n) is 4.47. The molecule has 1 N–H and O–H groups in total. The van der Waals surface area contributed by atoms with Crippen LogP contribution in [-0.2, 0) is 0 Å². The molecule has 0 bridgehead atoms. The normalized spacial score (nSPS) is 14.2. The van der Waals surface area contributed by atoms with Crippen LogP contribution in [0, 0.1) is 11.6 Å². The number of carbonyl (C=O) groups is 1. The average Bonchev–Trinajstić information content (AvgIpc) is 3.25. The molecule has 0 saturated carbocycles. The second kappa shape index (κ2) is 7.63. The Labute approximate surface area is 159 Å². The number of carbonyl (C=O) groups excluding carboxylic acids is 1. The minimum absolute atomic E-state index is 0.125. The summed E-state index contributed by atoms with van der Waals surface area (Å²) >= 11 is 0. The summed E-state index contributed by atoms with van der Waals surface area (Å²) in [6.07, 6.45) is 2.85. The quantitative estimate of drug-likeness (QED) is 0.744. The summed E-state index contributed by atoms with van der Waals surface area (Å²) in [5.74, 6) is -0.113. The molecule has 0 radical (unpaired) electrons. The zero-order valence-electron chi connectivity index (χ0n) is 14.8. The van der Waals surface area contributed by atoms with Gasteiger partial charge in [0.2, 0.25) is 0 Å². The van der Waals surface area contributed by atoms with Gasteiger partial charge in [0, 0.05) is 38.3 Å². The zero-order valence-corrected chi connectivity index (χ0v) is 14.8. The van der Waals surface area contributed by atoms with Gasteiger partial charge < -0.3 is 19.5 Å². The fourth-order valence-electron chi connectivity index (χ4n) is 3.01. The number of piperazine rings is 1. The lowest BCUT2D eigenvalue weighted by Crippen LogP contribution is -2.49.